The highest BCUT2D eigenvalue weighted by Crippen LogP contribution is 2.39. The Morgan fingerprint density at radius 1 is 1.14 bits per heavy atom. The Balaban J connectivity index is 1.52. The number of carbonyl (C=O) groups excluding carboxylic acids is 3. The van der Waals surface area contributed by atoms with E-state index in [1.165, 1.54) is 24.3 Å². The van der Waals surface area contributed by atoms with Gasteiger partial charge < -0.3 is 15.5 Å². The summed E-state index contributed by atoms with van der Waals surface area (Å²) in [5.74, 6) is -1.57. The maximum Gasteiger partial charge on any atom is 0.329 e. The van der Waals surface area contributed by atoms with Gasteiger partial charge in [0.1, 0.15) is 18.1 Å². The lowest BCUT2D eigenvalue weighted by atomic mass is 9.87. The molecule has 2 aliphatic rings. The number of amides is 4. The molecule has 0 aromatic heterocycles. The highest BCUT2D eigenvalue weighted by molar-refractivity contribution is 6.16. The van der Waals surface area contributed by atoms with Crippen LogP contribution in [0.25, 0.3) is 11.6 Å². The van der Waals surface area contributed by atoms with E-state index in [9.17, 15) is 18.8 Å². The molecule has 8 heteroatoms. The summed E-state index contributed by atoms with van der Waals surface area (Å²) in [6.07, 6.45) is 4.88. The molecule has 182 valence electrons. The van der Waals surface area contributed by atoms with E-state index in [2.05, 4.69) is 49.3 Å². The molecule has 2 aliphatic heterocycles. The number of nitrogens with one attached hydrogen (secondary N) is 2. The van der Waals surface area contributed by atoms with E-state index in [0.717, 1.165) is 40.3 Å². The predicted molar refractivity (Wildman–Crippen MR) is 135 cm³/mol. The first-order chi connectivity index (χ1) is 16.6. The lowest BCUT2D eigenvalue weighted by Gasteiger charge is -2.43. The fraction of sp³-hybridized carbons (Fsp3) is 0.296. The van der Waals surface area contributed by atoms with Crippen molar-refractivity contribution in [1.82, 2.24) is 10.2 Å². The Kier molecular flexibility index (Phi) is 6.47. The number of halogens is 1. The third-order valence-corrected chi connectivity index (χ3v) is 6.15. The Hall–Kier alpha value is -3.94. The van der Waals surface area contributed by atoms with Crippen molar-refractivity contribution in [3.05, 3.63) is 71.2 Å². The van der Waals surface area contributed by atoms with E-state index in [1.807, 2.05) is 18.2 Å². The molecule has 1 saturated heterocycles. The summed E-state index contributed by atoms with van der Waals surface area (Å²) in [7, 11) is 0. The summed E-state index contributed by atoms with van der Waals surface area (Å²) in [6, 6.07) is 10.5. The minimum atomic E-state index is -0.666. The molecule has 1 fully saturated rings. The van der Waals surface area contributed by atoms with Gasteiger partial charge in [0.25, 0.3) is 5.91 Å². The first-order valence-electron chi connectivity index (χ1n) is 11.6. The summed E-state index contributed by atoms with van der Waals surface area (Å²) in [4.78, 5) is 40.8. The van der Waals surface area contributed by atoms with Gasteiger partial charge in [0.2, 0.25) is 5.91 Å². The Morgan fingerprint density at radius 3 is 2.54 bits per heavy atom. The molecule has 35 heavy (non-hydrogen) atoms. The second-order valence-electron chi connectivity index (χ2n) is 9.34. The zero-order chi connectivity index (χ0) is 25.3. The van der Waals surface area contributed by atoms with Crippen LogP contribution in [0.1, 0.15) is 45.2 Å². The van der Waals surface area contributed by atoms with Crippen LogP contribution in [0.2, 0.25) is 0 Å². The van der Waals surface area contributed by atoms with Gasteiger partial charge in [-0.1, -0.05) is 19.1 Å². The molecule has 0 atom stereocenters. The fourth-order valence-corrected chi connectivity index (χ4v) is 4.58. The first-order valence-corrected chi connectivity index (χ1v) is 11.6. The van der Waals surface area contributed by atoms with Crippen molar-refractivity contribution in [3.63, 3.8) is 0 Å². The van der Waals surface area contributed by atoms with Gasteiger partial charge in [0.15, 0.2) is 0 Å². The summed E-state index contributed by atoms with van der Waals surface area (Å²) in [6.45, 7) is 9.09. The van der Waals surface area contributed by atoms with Gasteiger partial charge in [-0.25, -0.2) is 14.1 Å². The van der Waals surface area contributed by atoms with Crippen LogP contribution in [0.4, 0.5) is 20.6 Å². The van der Waals surface area contributed by atoms with Crippen molar-refractivity contribution >= 4 is 40.9 Å². The van der Waals surface area contributed by atoms with Gasteiger partial charge in [-0.05, 0) is 80.8 Å². The highest BCUT2D eigenvalue weighted by atomic mass is 19.1. The topological polar surface area (TPSA) is 81.8 Å². The quantitative estimate of drug-likeness (QED) is 0.465. The molecule has 4 rings (SSSR count). The van der Waals surface area contributed by atoms with E-state index in [1.54, 1.807) is 6.08 Å². The van der Waals surface area contributed by atoms with Crippen LogP contribution < -0.4 is 15.5 Å². The van der Waals surface area contributed by atoms with E-state index >= 15 is 0 Å². The molecule has 0 spiro atoms. The van der Waals surface area contributed by atoms with Crippen molar-refractivity contribution in [1.29, 1.82) is 0 Å². The van der Waals surface area contributed by atoms with E-state index in [-0.39, 0.29) is 11.2 Å². The van der Waals surface area contributed by atoms with Gasteiger partial charge in [-0.2, -0.15) is 0 Å². The van der Waals surface area contributed by atoms with E-state index < -0.39 is 30.2 Å². The lowest BCUT2D eigenvalue weighted by Crippen LogP contribution is -2.45. The molecular formula is C27H29FN4O3. The number of rotatable bonds is 6. The average Bonchev–Trinajstić information content (AvgIpc) is 3.05. The normalized spacial score (nSPS) is 17.9. The number of benzene rings is 2. The standard InChI is InChI=1S/C27H29FN4O3/c1-5-12-32-23-11-6-18(13-21(23)17(2)15-27(32,3)4)14-22-25(34)31(26(35)30-22)16-24(33)29-20-9-7-19(28)8-10-20/h6-11,13-15H,5,12,16H2,1-4H3,(H,29,33)(H,30,35)/b22-14+. The number of anilines is 2. The Morgan fingerprint density at radius 2 is 1.86 bits per heavy atom. The molecule has 0 unspecified atom stereocenters. The number of hydrogen-bond acceptors (Lipinski definition) is 4. The summed E-state index contributed by atoms with van der Waals surface area (Å²) >= 11 is 0. The molecule has 2 aromatic rings. The number of carbonyl (C=O) groups is 3. The molecule has 4 amide bonds. The minimum absolute atomic E-state index is 0.0997. The van der Waals surface area contributed by atoms with Gasteiger partial charge in [-0.15, -0.1) is 0 Å². The van der Waals surface area contributed by atoms with E-state index in [0.29, 0.717) is 5.69 Å². The number of hydrogen-bond donors (Lipinski definition) is 2. The predicted octanol–water partition coefficient (Wildman–Crippen LogP) is 4.77. The molecule has 0 radical (unpaired) electrons. The number of imide groups is 1. The van der Waals surface area contributed by atoms with Crippen molar-refractivity contribution in [2.24, 2.45) is 0 Å². The summed E-state index contributed by atoms with van der Waals surface area (Å²) in [5, 5.41) is 5.11. The van der Waals surface area contributed by atoms with Gasteiger partial charge in [0, 0.05) is 23.5 Å². The number of urea groups is 1. The largest absolute Gasteiger partial charge is 0.362 e. The molecule has 2 N–H and O–H groups in total. The first kappa shape index (κ1) is 24.2. The van der Waals surface area contributed by atoms with Crippen LogP contribution in [-0.2, 0) is 9.59 Å². The third-order valence-electron chi connectivity index (χ3n) is 6.15. The lowest BCUT2D eigenvalue weighted by molar-refractivity contribution is -0.127. The van der Waals surface area contributed by atoms with Crippen LogP contribution in [0, 0.1) is 5.82 Å². The smallest absolute Gasteiger partial charge is 0.329 e. The maximum atomic E-state index is 13.0. The van der Waals surface area contributed by atoms with Crippen molar-refractivity contribution in [3.8, 4) is 0 Å². The fourth-order valence-electron chi connectivity index (χ4n) is 4.58. The molecule has 0 bridgehead atoms. The minimum Gasteiger partial charge on any atom is -0.362 e. The second-order valence-corrected chi connectivity index (χ2v) is 9.34. The Labute approximate surface area is 204 Å². The number of allylic oxidation sites excluding steroid dienone is 1. The van der Waals surface area contributed by atoms with Crippen LogP contribution in [0.3, 0.4) is 0 Å². The maximum absolute atomic E-state index is 13.0. The monoisotopic (exact) mass is 476 g/mol. The zero-order valence-corrected chi connectivity index (χ0v) is 20.3. The molecule has 2 aromatic carbocycles. The van der Waals surface area contributed by atoms with Crippen LogP contribution in [0.15, 0.2) is 54.2 Å². The van der Waals surface area contributed by atoms with Gasteiger partial charge in [-0.3, -0.25) is 9.59 Å². The van der Waals surface area contributed by atoms with Crippen molar-refractivity contribution < 1.29 is 18.8 Å². The molecule has 7 nitrogen and oxygen atoms in total. The number of nitrogens with zero attached hydrogens (tertiary/aromatic N) is 2. The van der Waals surface area contributed by atoms with Gasteiger partial charge in [0.05, 0.1) is 5.54 Å². The number of fused-ring (bicyclic) bond motifs is 1. The van der Waals surface area contributed by atoms with Crippen molar-refractivity contribution in [2.45, 2.75) is 39.7 Å². The van der Waals surface area contributed by atoms with Crippen molar-refractivity contribution in [2.75, 3.05) is 23.3 Å². The second kappa shape index (κ2) is 9.37. The molecule has 0 saturated carbocycles. The Bertz CT molecular complexity index is 1250. The highest BCUT2D eigenvalue weighted by Gasteiger charge is 2.35. The van der Waals surface area contributed by atoms with Crippen LogP contribution >= 0.6 is 0 Å². The zero-order valence-electron chi connectivity index (χ0n) is 20.3. The van der Waals surface area contributed by atoms with E-state index in [4.69, 9.17) is 0 Å². The molecule has 2 heterocycles. The van der Waals surface area contributed by atoms with Crippen LogP contribution in [-0.4, -0.2) is 41.4 Å². The molecular weight excluding hydrogens is 447 g/mol. The van der Waals surface area contributed by atoms with Crippen LogP contribution in [0.5, 0.6) is 0 Å². The third kappa shape index (κ3) is 4.96. The van der Waals surface area contributed by atoms with Gasteiger partial charge >= 0.3 is 6.03 Å². The summed E-state index contributed by atoms with van der Waals surface area (Å²) < 4.78 is 13.0. The molecule has 0 aliphatic carbocycles. The SMILES string of the molecule is CCCN1c2ccc(/C=C3/NC(=O)N(CC(=O)Nc4ccc(F)cc4)C3=O)cc2C(C)=CC1(C)C. The summed E-state index contributed by atoms with van der Waals surface area (Å²) in [5.41, 5.74) is 4.52. The average molecular weight is 477 g/mol.